The highest BCUT2D eigenvalue weighted by molar-refractivity contribution is 5.73. The number of hydrogen-bond donors (Lipinski definition) is 1. The number of piperazine rings is 1. The Morgan fingerprint density at radius 2 is 1.84 bits per heavy atom. The van der Waals surface area contributed by atoms with E-state index in [2.05, 4.69) is 20.5 Å². The largest absolute Gasteiger partial charge is 0.339 e. The minimum Gasteiger partial charge on any atom is -0.339 e. The topological polar surface area (TPSA) is 74.2 Å². The zero-order valence-corrected chi connectivity index (χ0v) is 13.3. The highest BCUT2D eigenvalue weighted by Crippen LogP contribution is 2.23. The number of aromatic nitrogens is 3. The second kappa shape index (κ2) is 6.91. The molecule has 1 N–H and O–H groups in total. The van der Waals surface area contributed by atoms with Gasteiger partial charge in [-0.3, -0.25) is 4.79 Å². The Morgan fingerprint density at radius 3 is 2.52 bits per heavy atom. The van der Waals surface area contributed by atoms with E-state index >= 15 is 0 Å². The van der Waals surface area contributed by atoms with E-state index in [1.54, 1.807) is 4.90 Å². The van der Waals surface area contributed by atoms with E-state index in [1.807, 2.05) is 4.90 Å². The number of carbonyl (C=O) groups excluding carboxylic acids is 1. The van der Waals surface area contributed by atoms with Gasteiger partial charge in [-0.2, -0.15) is 10.1 Å². The van der Waals surface area contributed by atoms with E-state index in [0.29, 0.717) is 32.1 Å². The number of nitrogens with zero attached hydrogens (tertiary/aromatic N) is 5. The molecule has 2 aromatic rings. The monoisotopic (exact) mass is 352 g/mol. The summed E-state index contributed by atoms with van der Waals surface area (Å²) in [4.78, 5) is 19.1. The van der Waals surface area contributed by atoms with Crippen LogP contribution >= 0.6 is 0 Å². The summed E-state index contributed by atoms with van der Waals surface area (Å²) in [6.07, 6.45) is 1.25. The summed E-state index contributed by atoms with van der Waals surface area (Å²) in [7, 11) is 0. The zero-order chi connectivity index (χ0) is 18.0. The molecule has 1 amide bonds. The van der Waals surface area contributed by atoms with Crippen molar-refractivity contribution in [1.29, 1.82) is 0 Å². The number of rotatable bonds is 3. The number of anilines is 3. The van der Waals surface area contributed by atoms with Crippen molar-refractivity contribution < 1.29 is 18.0 Å². The predicted molar refractivity (Wildman–Crippen MR) is 83.9 cm³/mol. The third-order valence-electron chi connectivity index (χ3n) is 3.85. The van der Waals surface area contributed by atoms with Crippen molar-refractivity contribution in [1.82, 2.24) is 20.1 Å². The highest BCUT2D eigenvalue weighted by atomic mass is 19.2. The molecule has 7 nitrogen and oxygen atoms in total. The molecule has 0 spiro atoms. The summed E-state index contributed by atoms with van der Waals surface area (Å²) < 4.78 is 40.0. The average Bonchev–Trinajstić information content (AvgIpc) is 2.62. The van der Waals surface area contributed by atoms with Gasteiger partial charge in [-0.15, -0.1) is 5.10 Å². The maximum absolute atomic E-state index is 13.7. The quantitative estimate of drug-likeness (QED) is 0.848. The van der Waals surface area contributed by atoms with Crippen LogP contribution in [0.3, 0.4) is 0 Å². The zero-order valence-electron chi connectivity index (χ0n) is 13.3. The number of benzene rings is 1. The second-order valence-electron chi connectivity index (χ2n) is 5.48. The summed E-state index contributed by atoms with van der Waals surface area (Å²) in [6, 6.07) is 1.89. The van der Waals surface area contributed by atoms with Crippen LogP contribution in [0.4, 0.5) is 30.6 Å². The van der Waals surface area contributed by atoms with Crippen molar-refractivity contribution in [2.24, 2.45) is 0 Å². The van der Waals surface area contributed by atoms with E-state index in [1.165, 1.54) is 13.1 Å². The molecule has 1 aliphatic rings. The third-order valence-corrected chi connectivity index (χ3v) is 3.85. The standard InChI is InChI=1S/C15H15F3N6O/c1-9(25)23-4-6-24(7-5-23)15-21-12(8-19-22-15)20-11-3-2-10(16)13(17)14(11)18/h2-3,8H,4-7H2,1H3,(H,20,21,22). The molecule has 0 radical (unpaired) electrons. The normalized spacial score (nSPS) is 14.6. The first-order valence-electron chi connectivity index (χ1n) is 7.56. The van der Waals surface area contributed by atoms with E-state index in [-0.39, 0.29) is 17.4 Å². The van der Waals surface area contributed by atoms with Gasteiger partial charge in [0.15, 0.2) is 23.3 Å². The second-order valence-corrected chi connectivity index (χ2v) is 5.48. The van der Waals surface area contributed by atoms with Gasteiger partial charge in [0.25, 0.3) is 0 Å². The van der Waals surface area contributed by atoms with Crippen LogP contribution in [0.25, 0.3) is 0 Å². The van der Waals surface area contributed by atoms with Crippen molar-refractivity contribution in [3.05, 3.63) is 35.8 Å². The number of halogens is 3. The molecular weight excluding hydrogens is 337 g/mol. The molecule has 1 aromatic heterocycles. The minimum absolute atomic E-state index is 0.00271. The Bertz CT molecular complexity index is 795. The van der Waals surface area contributed by atoms with Gasteiger partial charge < -0.3 is 15.1 Å². The van der Waals surface area contributed by atoms with E-state index < -0.39 is 17.5 Å². The molecule has 0 unspecified atom stereocenters. The van der Waals surface area contributed by atoms with E-state index in [9.17, 15) is 18.0 Å². The predicted octanol–water partition coefficient (Wildman–Crippen LogP) is 1.70. The van der Waals surface area contributed by atoms with Gasteiger partial charge in [-0.1, -0.05) is 0 Å². The smallest absolute Gasteiger partial charge is 0.247 e. The fourth-order valence-electron chi connectivity index (χ4n) is 2.47. The van der Waals surface area contributed by atoms with Crippen LogP contribution in [0.5, 0.6) is 0 Å². The lowest BCUT2D eigenvalue weighted by Gasteiger charge is -2.33. The van der Waals surface area contributed by atoms with Gasteiger partial charge in [0.2, 0.25) is 11.9 Å². The molecule has 2 heterocycles. The van der Waals surface area contributed by atoms with Crippen molar-refractivity contribution in [3.8, 4) is 0 Å². The molecule has 0 atom stereocenters. The molecule has 1 saturated heterocycles. The van der Waals surface area contributed by atoms with Crippen LogP contribution < -0.4 is 10.2 Å². The van der Waals surface area contributed by atoms with Crippen molar-refractivity contribution in [3.63, 3.8) is 0 Å². The lowest BCUT2D eigenvalue weighted by Crippen LogP contribution is -2.48. The fourth-order valence-corrected chi connectivity index (χ4v) is 2.47. The SMILES string of the molecule is CC(=O)N1CCN(c2nncc(Nc3ccc(F)c(F)c3F)n2)CC1. The van der Waals surface area contributed by atoms with E-state index in [0.717, 1.165) is 12.1 Å². The average molecular weight is 352 g/mol. The highest BCUT2D eigenvalue weighted by Gasteiger charge is 2.21. The Balaban J connectivity index is 1.74. The lowest BCUT2D eigenvalue weighted by molar-refractivity contribution is -0.129. The fraction of sp³-hybridized carbons (Fsp3) is 0.333. The molecule has 0 saturated carbocycles. The van der Waals surface area contributed by atoms with Crippen LogP contribution in [0.1, 0.15) is 6.92 Å². The molecule has 10 heteroatoms. The minimum atomic E-state index is -1.56. The summed E-state index contributed by atoms with van der Waals surface area (Å²) in [5.74, 6) is -3.72. The van der Waals surface area contributed by atoms with E-state index in [4.69, 9.17) is 0 Å². The van der Waals surface area contributed by atoms with Crippen LogP contribution in [-0.4, -0.2) is 52.2 Å². The van der Waals surface area contributed by atoms with Gasteiger partial charge in [-0.25, -0.2) is 13.2 Å². The van der Waals surface area contributed by atoms with Gasteiger partial charge in [0, 0.05) is 33.1 Å². The Kier molecular flexibility index (Phi) is 4.68. The molecule has 1 aromatic carbocycles. The summed E-state index contributed by atoms with van der Waals surface area (Å²) in [5.41, 5.74) is -0.258. The van der Waals surface area contributed by atoms with Crippen LogP contribution in [0, 0.1) is 17.5 Å². The first-order valence-corrected chi connectivity index (χ1v) is 7.56. The molecule has 0 aliphatic carbocycles. The summed E-state index contributed by atoms with van der Waals surface area (Å²) in [6.45, 7) is 3.64. The van der Waals surface area contributed by atoms with Gasteiger partial charge in [0.1, 0.15) is 0 Å². The number of carbonyl (C=O) groups is 1. The molecule has 132 valence electrons. The van der Waals surface area contributed by atoms with Gasteiger partial charge >= 0.3 is 0 Å². The summed E-state index contributed by atoms with van der Waals surface area (Å²) in [5, 5.41) is 10.3. The number of hydrogen-bond acceptors (Lipinski definition) is 6. The van der Waals surface area contributed by atoms with Gasteiger partial charge in [0.05, 0.1) is 11.9 Å². The lowest BCUT2D eigenvalue weighted by atomic mass is 10.3. The molecule has 0 bridgehead atoms. The molecule has 1 fully saturated rings. The van der Waals surface area contributed by atoms with Crippen molar-refractivity contribution in [2.45, 2.75) is 6.92 Å². The molecule has 3 rings (SSSR count). The number of nitrogens with one attached hydrogen (secondary N) is 1. The Morgan fingerprint density at radius 1 is 1.12 bits per heavy atom. The maximum Gasteiger partial charge on any atom is 0.247 e. The Labute approximate surface area is 141 Å². The van der Waals surface area contributed by atoms with Crippen LogP contribution in [0.2, 0.25) is 0 Å². The molecule has 1 aliphatic heterocycles. The first-order chi connectivity index (χ1) is 12.0. The first kappa shape index (κ1) is 16.9. The van der Waals surface area contributed by atoms with Gasteiger partial charge in [-0.05, 0) is 12.1 Å². The maximum atomic E-state index is 13.7. The van der Waals surface area contributed by atoms with Crippen molar-refractivity contribution in [2.75, 3.05) is 36.4 Å². The molecule has 25 heavy (non-hydrogen) atoms. The number of amides is 1. The van der Waals surface area contributed by atoms with Crippen LogP contribution in [-0.2, 0) is 4.79 Å². The third kappa shape index (κ3) is 3.62. The van der Waals surface area contributed by atoms with Crippen LogP contribution in [0.15, 0.2) is 18.3 Å². The van der Waals surface area contributed by atoms with Crippen molar-refractivity contribution >= 4 is 23.4 Å². The summed E-state index contributed by atoms with van der Waals surface area (Å²) >= 11 is 0. The molecular formula is C15H15F3N6O. The Hall–Kier alpha value is -2.91.